The van der Waals surface area contributed by atoms with Gasteiger partial charge in [0.25, 0.3) is 5.91 Å². The van der Waals surface area contributed by atoms with Gasteiger partial charge in [-0.2, -0.15) is 13.2 Å². The highest BCUT2D eigenvalue weighted by atomic mass is 32.1. The van der Waals surface area contributed by atoms with Gasteiger partial charge in [-0.3, -0.25) is 9.69 Å². The van der Waals surface area contributed by atoms with Gasteiger partial charge in [-0.15, -0.1) is 11.3 Å². The summed E-state index contributed by atoms with van der Waals surface area (Å²) in [4.78, 5) is 15.2. The molecule has 3 heterocycles. The van der Waals surface area contributed by atoms with Gasteiger partial charge in [-0.05, 0) is 11.6 Å². The Bertz CT molecular complexity index is 562. The van der Waals surface area contributed by atoms with Gasteiger partial charge in [0.2, 0.25) is 0 Å². The molecule has 1 aromatic heterocycles. The van der Waals surface area contributed by atoms with E-state index in [1.165, 1.54) is 16.2 Å². The number of fused-ring (bicyclic) bond motifs is 1. The van der Waals surface area contributed by atoms with E-state index in [2.05, 4.69) is 10.6 Å². The Morgan fingerprint density at radius 1 is 1.42 bits per heavy atom. The Labute approximate surface area is 142 Å². The second-order valence-corrected chi connectivity index (χ2v) is 7.05. The van der Waals surface area contributed by atoms with Crippen LogP contribution in [-0.4, -0.2) is 62.4 Å². The summed E-state index contributed by atoms with van der Waals surface area (Å²) < 4.78 is 45.3. The molecule has 1 atom stereocenters. The van der Waals surface area contributed by atoms with Crippen molar-refractivity contribution in [3.8, 4) is 0 Å². The van der Waals surface area contributed by atoms with Gasteiger partial charge in [-0.25, -0.2) is 0 Å². The van der Waals surface area contributed by atoms with Crippen molar-refractivity contribution in [3.05, 3.63) is 21.4 Å². The van der Waals surface area contributed by atoms with Crippen LogP contribution in [0.25, 0.3) is 0 Å². The summed E-state index contributed by atoms with van der Waals surface area (Å²) in [5.41, 5.74) is 0.964. The maximum Gasteiger partial charge on any atom is 0.405 e. The average Bonchev–Trinajstić information content (AvgIpc) is 2.99. The highest BCUT2D eigenvalue weighted by molar-refractivity contribution is 7.14. The summed E-state index contributed by atoms with van der Waals surface area (Å²) in [6, 6.07) is 0.0727. The van der Waals surface area contributed by atoms with Crippen molar-refractivity contribution in [2.45, 2.75) is 25.2 Å². The second kappa shape index (κ2) is 7.38. The van der Waals surface area contributed by atoms with E-state index in [1.54, 1.807) is 6.07 Å². The van der Waals surface area contributed by atoms with Gasteiger partial charge < -0.3 is 15.4 Å². The molecule has 0 aromatic carbocycles. The maximum atomic E-state index is 13.3. The number of nitrogens with zero attached hydrogens (tertiary/aromatic N) is 1. The Hall–Kier alpha value is -1.16. The van der Waals surface area contributed by atoms with Gasteiger partial charge in [0, 0.05) is 44.0 Å². The van der Waals surface area contributed by atoms with Crippen LogP contribution in [0.2, 0.25) is 0 Å². The molecule has 2 aliphatic rings. The molecule has 0 saturated carbocycles. The van der Waals surface area contributed by atoms with E-state index >= 15 is 0 Å². The molecule has 2 aliphatic heterocycles. The number of amides is 1. The zero-order valence-corrected chi connectivity index (χ0v) is 13.9. The lowest BCUT2D eigenvalue weighted by Gasteiger charge is -2.35. The molecule has 5 nitrogen and oxygen atoms in total. The van der Waals surface area contributed by atoms with Crippen LogP contribution >= 0.6 is 11.3 Å². The smallest absolute Gasteiger partial charge is 0.376 e. The summed E-state index contributed by atoms with van der Waals surface area (Å²) in [6.07, 6.45) is -3.62. The molecule has 2 N–H and O–H groups in total. The average molecular weight is 363 g/mol. The third-order valence-corrected chi connectivity index (χ3v) is 5.51. The molecule has 24 heavy (non-hydrogen) atoms. The van der Waals surface area contributed by atoms with Crippen molar-refractivity contribution in [2.24, 2.45) is 0 Å². The normalized spacial score (nSPS) is 20.5. The molecule has 0 radical (unpaired) electrons. The minimum absolute atomic E-state index is 0.324. The topological polar surface area (TPSA) is 53.6 Å². The number of ether oxygens (including phenoxy) is 1. The van der Waals surface area contributed by atoms with E-state index in [1.807, 2.05) is 0 Å². The number of nitrogens with one attached hydrogen (secondary N) is 2. The van der Waals surface area contributed by atoms with Crippen LogP contribution in [0.1, 0.15) is 20.1 Å². The highest BCUT2D eigenvalue weighted by Gasteiger charge is 2.43. The van der Waals surface area contributed by atoms with Crippen LogP contribution in [0.3, 0.4) is 0 Å². The molecule has 0 spiro atoms. The van der Waals surface area contributed by atoms with Crippen LogP contribution in [0.15, 0.2) is 6.07 Å². The molecule has 1 unspecified atom stereocenters. The Balaban J connectivity index is 1.63. The van der Waals surface area contributed by atoms with Gasteiger partial charge in [-0.1, -0.05) is 0 Å². The van der Waals surface area contributed by atoms with Crippen molar-refractivity contribution < 1.29 is 22.7 Å². The fourth-order valence-corrected chi connectivity index (χ4v) is 4.05. The van der Waals surface area contributed by atoms with E-state index in [0.717, 1.165) is 16.9 Å². The molecular formula is C15H20F3N3O2S. The van der Waals surface area contributed by atoms with Crippen molar-refractivity contribution in [1.29, 1.82) is 0 Å². The summed E-state index contributed by atoms with van der Waals surface area (Å²) in [5.74, 6) is -0.446. The first kappa shape index (κ1) is 17.7. The first-order valence-electron chi connectivity index (χ1n) is 7.94. The van der Waals surface area contributed by atoms with Gasteiger partial charge in [0.15, 0.2) is 0 Å². The maximum absolute atomic E-state index is 13.3. The number of thiophene rings is 1. The molecular weight excluding hydrogens is 343 g/mol. The van der Waals surface area contributed by atoms with Crippen molar-refractivity contribution >= 4 is 17.2 Å². The fraction of sp³-hybridized carbons (Fsp3) is 0.667. The second-order valence-electron chi connectivity index (χ2n) is 5.92. The van der Waals surface area contributed by atoms with Crippen molar-refractivity contribution in [3.63, 3.8) is 0 Å². The van der Waals surface area contributed by atoms with E-state index in [-0.39, 0.29) is 0 Å². The van der Waals surface area contributed by atoms with Gasteiger partial charge in [0.05, 0.1) is 18.1 Å². The number of carbonyl (C=O) groups excluding carboxylic acids is 1. The lowest BCUT2D eigenvalue weighted by molar-refractivity contribution is -0.183. The molecule has 1 saturated heterocycles. The van der Waals surface area contributed by atoms with Crippen molar-refractivity contribution in [2.75, 3.05) is 39.3 Å². The molecule has 1 aromatic rings. The molecule has 9 heteroatoms. The van der Waals surface area contributed by atoms with Crippen LogP contribution in [-0.2, 0) is 17.8 Å². The number of piperazine rings is 1. The van der Waals surface area contributed by atoms with Gasteiger partial charge in [0.1, 0.15) is 6.04 Å². The Morgan fingerprint density at radius 2 is 2.17 bits per heavy atom. The summed E-state index contributed by atoms with van der Waals surface area (Å²) in [7, 11) is 0. The zero-order valence-electron chi connectivity index (χ0n) is 13.1. The van der Waals surface area contributed by atoms with Crippen LogP contribution in [0, 0.1) is 0 Å². The molecule has 0 bridgehead atoms. The van der Waals surface area contributed by atoms with E-state index in [9.17, 15) is 18.0 Å². The molecule has 1 fully saturated rings. The third-order valence-electron chi connectivity index (χ3n) is 4.28. The predicted octanol–water partition coefficient (Wildman–Crippen LogP) is 1.39. The summed E-state index contributed by atoms with van der Waals surface area (Å²) >= 11 is 1.34. The highest BCUT2D eigenvalue weighted by Crippen LogP contribution is 2.28. The standard InChI is InChI=1S/C15H20F3N3O2S/c16-15(17,18)13(21-4-2-19-3-5-21)8-20-14(22)12-7-10-9-23-6-1-11(10)24-12/h7,13,19H,1-6,8-9H2,(H,20,22). The zero-order chi connectivity index (χ0) is 17.2. The number of carbonyl (C=O) groups is 1. The molecule has 3 rings (SSSR count). The lowest BCUT2D eigenvalue weighted by atomic mass is 10.2. The molecule has 1 amide bonds. The Kier molecular flexibility index (Phi) is 5.43. The lowest BCUT2D eigenvalue weighted by Crippen LogP contribution is -2.57. The first-order valence-corrected chi connectivity index (χ1v) is 8.76. The number of alkyl halides is 3. The summed E-state index contributed by atoms with van der Waals surface area (Å²) in [6.45, 7) is 2.35. The van der Waals surface area contributed by atoms with E-state index in [0.29, 0.717) is 44.3 Å². The number of hydrogen-bond donors (Lipinski definition) is 2. The SMILES string of the molecule is O=C(NCC(N1CCNCC1)C(F)(F)F)c1cc2c(s1)CCOC2. The van der Waals surface area contributed by atoms with Crippen LogP contribution < -0.4 is 10.6 Å². The Morgan fingerprint density at radius 3 is 2.83 bits per heavy atom. The van der Waals surface area contributed by atoms with E-state index < -0.39 is 24.7 Å². The largest absolute Gasteiger partial charge is 0.405 e. The van der Waals surface area contributed by atoms with E-state index in [4.69, 9.17) is 4.74 Å². The summed E-state index contributed by atoms with van der Waals surface area (Å²) in [5, 5.41) is 5.49. The molecule has 134 valence electrons. The third kappa shape index (κ3) is 4.08. The fourth-order valence-electron chi connectivity index (χ4n) is 2.98. The number of rotatable bonds is 4. The van der Waals surface area contributed by atoms with Gasteiger partial charge >= 0.3 is 6.18 Å². The first-order chi connectivity index (χ1) is 11.4. The quantitative estimate of drug-likeness (QED) is 0.849. The number of hydrogen-bond acceptors (Lipinski definition) is 5. The van der Waals surface area contributed by atoms with Crippen LogP contribution in [0.4, 0.5) is 13.2 Å². The minimum Gasteiger partial charge on any atom is -0.376 e. The van der Waals surface area contributed by atoms with Crippen LogP contribution in [0.5, 0.6) is 0 Å². The molecule has 0 aliphatic carbocycles. The monoisotopic (exact) mass is 363 g/mol. The number of halogens is 3. The predicted molar refractivity (Wildman–Crippen MR) is 84.3 cm³/mol. The van der Waals surface area contributed by atoms with Crippen molar-refractivity contribution in [1.82, 2.24) is 15.5 Å². The minimum atomic E-state index is -4.37.